The standard InChI is InChI=1S/C24H22ClN3O3S2/c1-2-28(20-9-4-3-5-10-20)33(30,31)21-15-13-19(14-16-21)26-24(32)27-23(29)17-12-18-8-6-7-11-22(18)25/h3-17H,2H2,1H3,(H2,26,27,29,32)/b17-12+. The molecule has 0 spiro atoms. The number of anilines is 2. The molecular formula is C24H22ClN3O3S2. The first-order chi connectivity index (χ1) is 15.8. The van der Waals surface area contributed by atoms with E-state index in [0.29, 0.717) is 28.5 Å². The zero-order valence-corrected chi connectivity index (χ0v) is 20.1. The van der Waals surface area contributed by atoms with Crippen molar-refractivity contribution in [1.82, 2.24) is 5.32 Å². The monoisotopic (exact) mass is 499 g/mol. The van der Waals surface area contributed by atoms with E-state index in [0.717, 1.165) is 0 Å². The van der Waals surface area contributed by atoms with Gasteiger partial charge < -0.3 is 5.32 Å². The Hall–Kier alpha value is -3.20. The number of carbonyl (C=O) groups excluding carboxylic acids is 1. The molecule has 0 radical (unpaired) electrons. The minimum atomic E-state index is -3.72. The van der Waals surface area contributed by atoms with Gasteiger partial charge in [-0.25, -0.2) is 8.42 Å². The zero-order valence-electron chi connectivity index (χ0n) is 17.7. The van der Waals surface area contributed by atoms with Crippen LogP contribution in [0.3, 0.4) is 0 Å². The van der Waals surface area contributed by atoms with Crippen LogP contribution in [0.25, 0.3) is 6.08 Å². The largest absolute Gasteiger partial charge is 0.332 e. The van der Waals surface area contributed by atoms with E-state index in [1.54, 1.807) is 67.6 Å². The van der Waals surface area contributed by atoms with Crippen molar-refractivity contribution in [1.29, 1.82) is 0 Å². The summed E-state index contributed by atoms with van der Waals surface area (Å²) >= 11 is 11.2. The first-order valence-electron chi connectivity index (χ1n) is 10.0. The minimum absolute atomic E-state index is 0.0823. The highest BCUT2D eigenvalue weighted by molar-refractivity contribution is 7.92. The van der Waals surface area contributed by atoms with Crippen molar-refractivity contribution in [3.63, 3.8) is 0 Å². The van der Waals surface area contributed by atoms with E-state index in [1.165, 1.54) is 22.5 Å². The minimum Gasteiger partial charge on any atom is -0.332 e. The van der Waals surface area contributed by atoms with Crippen molar-refractivity contribution in [3.8, 4) is 0 Å². The van der Waals surface area contributed by atoms with Gasteiger partial charge in [0, 0.05) is 23.3 Å². The van der Waals surface area contributed by atoms with Crippen LogP contribution in [0.2, 0.25) is 5.02 Å². The summed E-state index contributed by atoms with van der Waals surface area (Å²) in [6.07, 6.45) is 2.92. The lowest BCUT2D eigenvalue weighted by Crippen LogP contribution is -2.33. The Balaban J connectivity index is 1.63. The van der Waals surface area contributed by atoms with Gasteiger partial charge in [0.1, 0.15) is 0 Å². The highest BCUT2D eigenvalue weighted by Gasteiger charge is 2.23. The third-order valence-corrected chi connectivity index (χ3v) is 7.05. The topological polar surface area (TPSA) is 78.5 Å². The van der Waals surface area contributed by atoms with Crippen LogP contribution in [0.4, 0.5) is 11.4 Å². The Kier molecular flexibility index (Phi) is 8.21. The van der Waals surface area contributed by atoms with Gasteiger partial charge in [-0.15, -0.1) is 0 Å². The van der Waals surface area contributed by atoms with Crippen LogP contribution in [0.15, 0.2) is 89.8 Å². The molecule has 3 rings (SSSR count). The molecule has 0 unspecified atom stereocenters. The van der Waals surface area contributed by atoms with Crippen LogP contribution in [-0.4, -0.2) is 26.0 Å². The van der Waals surface area contributed by atoms with Gasteiger partial charge >= 0.3 is 0 Å². The van der Waals surface area contributed by atoms with Crippen LogP contribution in [-0.2, 0) is 14.8 Å². The molecule has 3 aromatic carbocycles. The van der Waals surface area contributed by atoms with E-state index in [-0.39, 0.29) is 10.0 Å². The molecule has 0 saturated heterocycles. The molecule has 0 atom stereocenters. The van der Waals surface area contributed by atoms with Gasteiger partial charge in [0.15, 0.2) is 5.11 Å². The summed E-state index contributed by atoms with van der Waals surface area (Å²) in [5.41, 5.74) is 1.84. The highest BCUT2D eigenvalue weighted by atomic mass is 35.5. The molecular weight excluding hydrogens is 478 g/mol. The van der Waals surface area contributed by atoms with Crippen LogP contribution in [0.1, 0.15) is 12.5 Å². The summed E-state index contributed by atoms with van der Waals surface area (Å²) in [4.78, 5) is 12.3. The molecule has 0 fully saturated rings. The first-order valence-corrected chi connectivity index (χ1v) is 12.3. The number of para-hydroxylation sites is 1. The van der Waals surface area contributed by atoms with Crippen LogP contribution < -0.4 is 14.9 Å². The molecule has 6 nitrogen and oxygen atoms in total. The number of halogens is 1. The number of sulfonamides is 1. The zero-order chi connectivity index (χ0) is 23.8. The van der Waals surface area contributed by atoms with Gasteiger partial charge in [0.25, 0.3) is 10.0 Å². The number of carbonyl (C=O) groups is 1. The SMILES string of the molecule is CCN(c1ccccc1)S(=O)(=O)c1ccc(NC(=S)NC(=O)/C=C/c2ccccc2Cl)cc1. The Labute approximate surface area is 203 Å². The molecule has 0 aromatic heterocycles. The predicted octanol–water partition coefficient (Wildman–Crippen LogP) is 5.08. The second-order valence-corrected chi connectivity index (χ2v) is 9.51. The molecule has 9 heteroatoms. The van der Waals surface area contributed by atoms with E-state index >= 15 is 0 Å². The number of thiocarbonyl (C=S) groups is 1. The van der Waals surface area contributed by atoms with Crippen molar-refractivity contribution >= 4 is 62.3 Å². The number of hydrogen-bond acceptors (Lipinski definition) is 4. The fraction of sp³-hybridized carbons (Fsp3) is 0.0833. The fourth-order valence-electron chi connectivity index (χ4n) is 3.01. The highest BCUT2D eigenvalue weighted by Crippen LogP contribution is 2.24. The van der Waals surface area contributed by atoms with Gasteiger partial charge in [-0.1, -0.05) is 48.0 Å². The summed E-state index contributed by atoms with van der Waals surface area (Å²) in [7, 11) is -3.72. The lowest BCUT2D eigenvalue weighted by molar-refractivity contribution is -0.115. The van der Waals surface area contributed by atoms with E-state index in [2.05, 4.69) is 10.6 Å². The lowest BCUT2D eigenvalue weighted by atomic mass is 10.2. The lowest BCUT2D eigenvalue weighted by Gasteiger charge is -2.23. The van der Waals surface area contributed by atoms with Crippen LogP contribution >= 0.6 is 23.8 Å². The third-order valence-electron chi connectivity index (χ3n) is 4.59. The first kappa shape index (κ1) is 24.4. The van der Waals surface area contributed by atoms with Gasteiger partial charge in [0.05, 0.1) is 10.6 Å². The Morgan fingerprint density at radius 2 is 1.64 bits per heavy atom. The molecule has 33 heavy (non-hydrogen) atoms. The van der Waals surface area contributed by atoms with E-state index in [1.807, 2.05) is 12.1 Å². The second kappa shape index (κ2) is 11.1. The number of hydrogen-bond donors (Lipinski definition) is 2. The maximum absolute atomic E-state index is 13.1. The maximum Gasteiger partial charge on any atom is 0.264 e. The quantitative estimate of drug-likeness (QED) is 0.350. The number of benzene rings is 3. The molecule has 0 aliphatic carbocycles. The average molecular weight is 500 g/mol. The molecule has 0 bridgehead atoms. The van der Waals surface area contributed by atoms with Crippen molar-refractivity contribution in [2.75, 3.05) is 16.2 Å². The van der Waals surface area contributed by atoms with Crippen molar-refractivity contribution in [3.05, 3.63) is 95.5 Å². The summed E-state index contributed by atoms with van der Waals surface area (Å²) in [6.45, 7) is 2.08. The predicted molar refractivity (Wildman–Crippen MR) is 138 cm³/mol. The Morgan fingerprint density at radius 1 is 1.00 bits per heavy atom. The molecule has 0 aliphatic heterocycles. The van der Waals surface area contributed by atoms with Crippen LogP contribution in [0.5, 0.6) is 0 Å². The number of amides is 1. The smallest absolute Gasteiger partial charge is 0.264 e. The van der Waals surface area contributed by atoms with Crippen molar-refractivity contribution < 1.29 is 13.2 Å². The Morgan fingerprint density at radius 3 is 2.27 bits per heavy atom. The van der Waals surface area contributed by atoms with Gasteiger partial charge in [-0.3, -0.25) is 14.4 Å². The van der Waals surface area contributed by atoms with Gasteiger partial charge in [-0.2, -0.15) is 0 Å². The third kappa shape index (κ3) is 6.41. The van der Waals surface area contributed by atoms with Gasteiger partial charge in [-0.05, 0) is 73.2 Å². The van der Waals surface area contributed by atoms with E-state index in [9.17, 15) is 13.2 Å². The molecule has 3 aromatic rings. The second-order valence-electron chi connectivity index (χ2n) is 6.83. The fourth-order valence-corrected chi connectivity index (χ4v) is 4.91. The Bertz CT molecular complexity index is 1260. The molecule has 0 heterocycles. The molecule has 1 amide bonds. The molecule has 0 aliphatic rings. The van der Waals surface area contributed by atoms with E-state index < -0.39 is 15.9 Å². The number of rotatable bonds is 7. The summed E-state index contributed by atoms with van der Waals surface area (Å²) in [6, 6.07) is 22.2. The normalized spacial score (nSPS) is 11.2. The molecule has 0 saturated carbocycles. The number of nitrogens with one attached hydrogen (secondary N) is 2. The van der Waals surface area contributed by atoms with Gasteiger partial charge in [0.2, 0.25) is 5.91 Å². The summed E-state index contributed by atoms with van der Waals surface area (Å²) < 4.78 is 27.5. The maximum atomic E-state index is 13.1. The van der Waals surface area contributed by atoms with E-state index in [4.69, 9.17) is 23.8 Å². The van der Waals surface area contributed by atoms with Crippen molar-refractivity contribution in [2.45, 2.75) is 11.8 Å². The summed E-state index contributed by atoms with van der Waals surface area (Å²) in [5.74, 6) is -0.423. The van der Waals surface area contributed by atoms with Crippen LogP contribution in [0, 0.1) is 0 Å². The molecule has 2 N–H and O–H groups in total. The summed E-state index contributed by atoms with van der Waals surface area (Å²) in [5, 5.41) is 6.02. The van der Waals surface area contributed by atoms with Crippen molar-refractivity contribution in [2.24, 2.45) is 0 Å². The number of nitrogens with zero attached hydrogens (tertiary/aromatic N) is 1. The molecule has 170 valence electrons. The average Bonchev–Trinajstić information content (AvgIpc) is 2.80.